The Labute approximate surface area is 210 Å². The number of aromatic nitrogens is 1. The standard InChI is InChI=1S/C24H19Cl2FN2O5S/c25-16-5-6-19(24-23(16)17(26)12-28-24)29-35(30,31)22-8-4-15(11-18(22)27)32-9-1-2-14-3-7-20-21(10-14)34-13-33-20/h3-8,10-12,28-29H,1-2,9,13H2. The van der Waals surface area contributed by atoms with Crippen LogP contribution in [-0.4, -0.2) is 26.8 Å². The lowest BCUT2D eigenvalue weighted by Gasteiger charge is -2.12. The minimum Gasteiger partial charge on any atom is -0.493 e. The number of sulfonamides is 1. The van der Waals surface area contributed by atoms with Crippen molar-refractivity contribution in [2.24, 2.45) is 0 Å². The first-order valence-electron chi connectivity index (χ1n) is 10.6. The van der Waals surface area contributed by atoms with E-state index in [1.165, 1.54) is 30.5 Å². The molecule has 0 aliphatic carbocycles. The number of H-pyrrole nitrogens is 1. The van der Waals surface area contributed by atoms with Gasteiger partial charge in [-0.25, -0.2) is 12.8 Å². The van der Waals surface area contributed by atoms with Crippen LogP contribution < -0.4 is 18.9 Å². The van der Waals surface area contributed by atoms with Crippen LogP contribution >= 0.6 is 23.2 Å². The maximum Gasteiger partial charge on any atom is 0.264 e. The van der Waals surface area contributed by atoms with Crippen molar-refractivity contribution in [1.29, 1.82) is 0 Å². The van der Waals surface area contributed by atoms with Gasteiger partial charge in [0.2, 0.25) is 6.79 Å². The molecule has 0 radical (unpaired) electrons. The minimum atomic E-state index is -4.23. The van der Waals surface area contributed by atoms with Gasteiger partial charge in [0.05, 0.1) is 27.9 Å². The predicted molar refractivity (Wildman–Crippen MR) is 132 cm³/mol. The topological polar surface area (TPSA) is 89.7 Å². The lowest BCUT2D eigenvalue weighted by molar-refractivity contribution is 0.174. The molecule has 0 bridgehead atoms. The molecule has 182 valence electrons. The zero-order chi connectivity index (χ0) is 24.6. The third-order valence-corrected chi connectivity index (χ3v) is 7.50. The number of nitrogens with one attached hydrogen (secondary N) is 2. The fourth-order valence-corrected chi connectivity index (χ4v) is 5.50. The van der Waals surface area contributed by atoms with E-state index in [-0.39, 0.29) is 18.2 Å². The number of ether oxygens (including phenoxy) is 3. The molecule has 1 aromatic heterocycles. The van der Waals surface area contributed by atoms with Crippen molar-refractivity contribution in [3.05, 3.63) is 76.2 Å². The predicted octanol–water partition coefficient (Wildman–Crippen LogP) is 6.15. The van der Waals surface area contributed by atoms with Crippen LogP contribution in [0.25, 0.3) is 10.9 Å². The number of aromatic amines is 1. The first-order valence-corrected chi connectivity index (χ1v) is 12.8. The molecule has 0 saturated heterocycles. The van der Waals surface area contributed by atoms with Gasteiger partial charge < -0.3 is 19.2 Å². The van der Waals surface area contributed by atoms with Crippen LogP contribution in [0.1, 0.15) is 12.0 Å². The Morgan fingerprint density at radius 3 is 2.69 bits per heavy atom. The molecule has 2 N–H and O–H groups in total. The summed E-state index contributed by atoms with van der Waals surface area (Å²) in [5, 5.41) is 1.18. The molecule has 0 atom stereocenters. The summed E-state index contributed by atoms with van der Waals surface area (Å²) in [5.74, 6) is 0.745. The largest absolute Gasteiger partial charge is 0.493 e. The summed E-state index contributed by atoms with van der Waals surface area (Å²) in [5.41, 5.74) is 1.66. The van der Waals surface area contributed by atoms with E-state index in [4.69, 9.17) is 37.4 Å². The molecule has 35 heavy (non-hydrogen) atoms. The number of benzene rings is 3. The van der Waals surface area contributed by atoms with Gasteiger partial charge in [0, 0.05) is 17.6 Å². The second-order valence-corrected chi connectivity index (χ2v) is 10.3. The van der Waals surface area contributed by atoms with Gasteiger partial charge in [-0.2, -0.15) is 0 Å². The lowest BCUT2D eigenvalue weighted by Crippen LogP contribution is -2.15. The fourth-order valence-electron chi connectivity index (χ4n) is 3.81. The van der Waals surface area contributed by atoms with Crippen molar-refractivity contribution >= 4 is 49.8 Å². The van der Waals surface area contributed by atoms with E-state index in [0.29, 0.717) is 34.0 Å². The van der Waals surface area contributed by atoms with Gasteiger partial charge >= 0.3 is 0 Å². The number of rotatable bonds is 8. The van der Waals surface area contributed by atoms with Crippen LogP contribution in [0.3, 0.4) is 0 Å². The van der Waals surface area contributed by atoms with Crippen LogP contribution in [0.15, 0.2) is 59.6 Å². The van der Waals surface area contributed by atoms with Gasteiger partial charge in [-0.15, -0.1) is 0 Å². The Morgan fingerprint density at radius 1 is 1.03 bits per heavy atom. The Kier molecular flexibility index (Phi) is 6.39. The van der Waals surface area contributed by atoms with Crippen LogP contribution in [0.2, 0.25) is 10.0 Å². The summed E-state index contributed by atoms with van der Waals surface area (Å²) < 4.78 is 59.2. The molecular weight excluding hydrogens is 518 g/mol. The number of aryl methyl sites for hydroxylation is 1. The molecule has 1 aliphatic heterocycles. The van der Waals surface area contributed by atoms with Crippen LogP contribution in [-0.2, 0) is 16.4 Å². The van der Waals surface area contributed by atoms with Crippen molar-refractivity contribution < 1.29 is 27.0 Å². The quantitative estimate of drug-likeness (QED) is 0.263. The van der Waals surface area contributed by atoms with E-state index >= 15 is 0 Å². The number of hydrogen-bond donors (Lipinski definition) is 2. The Bertz CT molecular complexity index is 1520. The van der Waals surface area contributed by atoms with Gasteiger partial charge in [-0.1, -0.05) is 29.3 Å². The summed E-state index contributed by atoms with van der Waals surface area (Å²) in [6.07, 6.45) is 2.90. The maximum absolute atomic E-state index is 14.8. The monoisotopic (exact) mass is 536 g/mol. The van der Waals surface area contributed by atoms with Crippen molar-refractivity contribution in [3.8, 4) is 17.2 Å². The molecule has 4 aromatic rings. The smallest absolute Gasteiger partial charge is 0.264 e. The van der Waals surface area contributed by atoms with Crippen molar-refractivity contribution in [3.63, 3.8) is 0 Å². The molecule has 0 amide bonds. The fraction of sp³-hybridized carbons (Fsp3) is 0.167. The highest BCUT2D eigenvalue weighted by atomic mass is 35.5. The van der Waals surface area contributed by atoms with E-state index in [0.717, 1.165) is 29.5 Å². The SMILES string of the molecule is O=S(=O)(Nc1ccc(Cl)c2c(Cl)c[nH]c12)c1ccc(OCCCc2ccc3c(c2)OCO3)cc1F. The van der Waals surface area contributed by atoms with E-state index in [1.54, 1.807) is 0 Å². The third-order valence-electron chi connectivity index (χ3n) is 5.49. The zero-order valence-electron chi connectivity index (χ0n) is 18.1. The highest BCUT2D eigenvalue weighted by Crippen LogP contribution is 2.36. The van der Waals surface area contributed by atoms with Gasteiger partial charge in [0.25, 0.3) is 10.0 Å². The summed E-state index contributed by atoms with van der Waals surface area (Å²) in [4.78, 5) is 2.37. The Hall–Kier alpha value is -3.14. The van der Waals surface area contributed by atoms with Crippen LogP contribution in [0.4, 0.5) is 10.1 Å². The highest BCUT2D eigenvalue weighted by molar-refractivity contribution is 7.92. The number of anilines is 1. The molecule has 5 rings (SSSR count). The summed E-state index contributed by atoms with van der Waals surface area (Å²) in [6.45, 7) is 0.549. The van der Waals surface area contributed by atoms with E-state index < -0.39 is 20.7 Å². The van der Waals surface area contributed by atoms with Crippen LogP contribution in [0, 0.1) is 5.82 Å². The normalized spacial score (nSPS) is 12.8. The third kappa shape index (κ3) is 4.84. The van der Waals surface area contributed by atoms with Crippen molar-refractivity contribution in [2.45, 2.75) is 17.7 Å². The first-order chi connectivity index (χ1) is 16.8. The second kappa shape index (κ2) is 9.49. The molecular formula is C24H19Cl2FN2O5S. The van der Waals surface area contributed by atoms with E-state index in [2.05, 4.69) is 9.71 Å². The summed E-state index contributed by atoms with van der Waals surface area (Å²) >= 11 is 12.3. The maximum atomic E-state index is 14.8. The lowest BCUT2D eigenvalue weighted by atomic mass is 10.1. The number of hydrogen-bond acceptors (Lipinski definition) is 5. The molecule has 11 heteroatoms. The van der Waals surface area contributed by atoms with Gasteiger partial charge in [0.1, 0.15) is 16.5 Å². The van der Waals surface area contributed by atoms with E-state index in [9.17, 15) is 12.8 Å². The average Bonchev–Trinajstić information content (AvgIpc) is 3.45. The molecule has 1 aliphatic rings. The highest BCUT2D eigenvalue weighted by Gasteiger charge is 2.22. The molecule has 7 nitrogen and oxygen atoms in total. The summed E-state index contributed by atoms with van der Waals surface area (Å²) in [6, 6.07) is 12.4. The van der Waals surface area contributed by atoms with E-state index in [1.807, 2.05) is 18.2 Å². The molecule has 0 unspecified atom stereocenters. The molecule has 2 heterocycles. The molecule has 0 saturated carbocycles. The van der Waals surface area contributed by atoms with Crippen LogP contribution in [0.5, 0.6) is 17.2 Å². The van der Waals surface area contributed by atoms with Gasteiger partial charge in [-0.05, 0) is 54.8 Å². The number of halogens is 3. The zero-order valence-corrected chi connectivity index (χ0v) is 20.4. The Morgan fingerprint density at radius 2 is 1.86 bits per heavy atom. The second-order valence-electron chi connectivity index (χ2n) is 7.82. The molecule has 3 aromatic carbocycles. The average molecular weight is 537 g/mol. The molecule has 0 fully saturated rings. The van der Waals surface area contributed by atoms with Crippen molar-refractivity contribution in [2.75, 3.05) is 18.1 Å². The number of fused-ring (bicyclic) bond motifs is 2. The van der Waals surface area contributed by atoms with Gasteiger partial charge in [-0.3, -0.25) is 4.72 Å². The Balaban J connectivity index is 1.23. The van der Waals surface area contributed by atoms with Gasteiger partial charge in [0.15, 0.2) is 11.5 Å². The van der Waals surface area contributed by atoms with Crippen molar-refractivity contribution in [1.82, 2.24) is 4.98 Å². The summed E-state index contributed by atoms with van der Waals surface area (Å²) in [7, 11) is -4.23. The minimum absolute atomic E-state index is 0.194. The first kappa shape index (κ1) is 23.6. The molecule has 0 spiro atoms.